The molecule has 2 aromatic carbocycles. The van der Waals surface area contributed by atoms with E-state index in [1.807, 2.05) is 61.5 Å². The Morgan fingerprint density at radius 2 is 1.81 bits per heavy atom. The topological polar surface area (TPSA) is 41.9 Å². The fraction of sp³-hybridized carbons (Fsp3) is 0.364. The van der Waals surface area contributed by atoms with Gasteiger partial charge in [-0.1, -0.05) is 24.6 Å². The van der Waals surface area contributed by atoms with Gasteiger partial charge in [0.1, 0.15) is 11.6 Å². The summed E-state index contributed by atoms with van der Waals surface area (Å²) in [7, 11) is 0. The molecule has 0 bridgehead atoms. The van der Waals surface area contributed by atoms with Gasteiger partial charge in [-0.2, -0.15) is 0 Å². The molecule has 0 N–H and O–H groups in total. The van der Waals surface area contributed by atoms with Gasteiger partial charge >= 0.3 is 0 Å². The minimum Gasteiger partial charge on any atom is -0.494 e. The first-order valence-corrected chi connectivity index (χ1v) is 9.40. The number of Topliss-reactive ketones (excluding diaryl/α,β-unsaturated/α-hetero) is 1. The summed E-state index contributed by atoms with van der Waals surface area (Å²) in [6, 6.07) is 17.5. The molecule has 0 aliphatic carbocycles. The number of para-hydroxylation sites is 1. The van der Waals surface area contributed by atoms with E-state index in [-0.39, 0.29) is 5.78 Å². The number of nitrogens with zero attached hydrogens (tertiary/aromatic N) is 2. The highest BCUT2D eigenvalue weighted by atomic mass is 16.5. The first kappa shape index (κ1) is 18.2. The molecular formula is C22H26N2O2. The number of carbonyl (C=O) groups excluding carboxylic acids is 1. The number of anilines is 1. The third kappa shape index (κ3) is 4.72. The molecule has 0 amide bonds. The molecule has 1 heterocycles. The van der Waals surface area contributed by atoms with Gasteiger partial charge in [-0.3, -0.25) is 9.79 Å². The minimum atomic E-state index is 0.0869. The summed E-state index contributed by atoms with van der Waals surface area (Å²) in [5.41, 5.74) is 1.72. The largest absolute Gasteiger partial charge is 0.494 e. The van der Waals surface area contributed by atoms with Crippen molar-refractivity contribution >= 4 is 17.3 Å². The predicted octanol–water partition coefficient (Wildman–Crippen LogP) is 4.75. The van der Waals surface area contributed by atoms with Crippen LogP contribution in [0.25, 0.3) is 0 Å². The Balaban J connectivity index is 1.80. The summed E-state index contributed by atoms with van der Waals surface area (Å²) in [6.07, 6.45) is 4.37. The van der Waals surface area contributed by atoms with Gasteiger partial charge in [-0.15, -0.1) is 0 Å². The minimum absolute atomic E-state index is 0.0869. The van der Waals surface area contributed by atoms with Gasteiger partial charge in [0.15, 0.2) is 5.78 Å². The Labute approximate surface area is 155 Å². The number of ketones is 1. The van der Waals surface area contributed by atoms with E-state index in [0.29, 0.717) is 18.7 Å². The zero-order valence-corrected chi connectivity index (χ0v) is 15.4. The molecule has 0 spiro atoms. The zero-order chi connectivity index (χ0) is 18.2. The molecule has 136 valence electrons. The van der Waals surface area contributed by atoms with Gasteiger partial charge in [0.05, 0.1) is 13.2 Å². The van der Waals surface area contributed by atoms with Gasteiger partial charge in [-0.05, 0) is 56.2 Å². The fourth-order valence-electron chi connectivity index (χ4n) is 3.16. The molecule has 0 aromatic heterocycles. The van der Waals surface area contributed by atoms with E-state index in [9.17, 15) is 4.79 Å². The molecule has 0 unspecified atom stereocenters. The van der Waals surface area contributed by atoms with E-state index in [1.54, 1.807) is 0 Å². The van der Waals surface area contributed by atoms with E-state index in [4.69, 9.17) is 9.73 Å². The Hall–Kier alpha value is -2.62. The summed E-state index contributed by atoms with van der Waals surface area (Å²) >= 11 is 0. The van der Waals surface area contributed by atoms with Crippen molar-refractivity contribution in [2.45, 2.75) is 32.6 Å². The van der Waals surface area contributed by atoms with Crippen molar-refractivity contribution in [2.24, 2.45) is 4.99 Å². The van der Waals surface area contributed by atoms with Crippen molar-refractivity contribution in [2.75, 3.05) is 24.6 Å². The molecule has 0 atom stereocenters. The van der Waals surface area contributed by atoms with Gasteiger partial charge < -0.3 is 9.64 Å². The second kappa shape index (κ2) is 9.18. The highest BCUT2D eigenvalue weighted by molar-refractivity contribution is 6.07. The van der Waals surface area contributed by atoms with Gasteiger partial charge in [0.2, 0.25) is 0 Å². The van der Waals surface area contributed by atoms with Gasteiger partial charge in [0, 0.05) is 24.2 Å². The lowest BCUT2D eigenvalue weighted by molar-refractivity contribution is 0.100. The van der Waals surface area contributed by atoms with Crippen LogP contribution in [0.3, 0.4) is 0 Å². The van der Waals surface area contributed by atoms with Crippen molar-refractivity contribution < 1.29 is 9.53 Å². The highest BCUT2D eigenvalue weighted by Gasteiger charge is 2.19. The summed E-state index contributed by atoms with van der Waals surface area (Å²) < 4.78 is 5.46. The molecule has 3 rings (SSSR count). The van der Waals surface area contributed by atoms with Crippen molar-refractivity contribution in [3.63, 3.8) is 0 Å². The standard InChI is InChI=1S/C22H26N2O2/c1-2-26-20-14-12-18(13-15-20)21(25)17-24(19-9-5-3-6-10-19)22-11-7-4-8-16-23-22/h3,5-6,9-10,12-15H,2,4,7-8,11,16-17H2,1H3. The number of ether oxygens (including phenoxy) is 1. The maximum absolute atomic E-state index is 12.9. The first-order chi connectivity index (χ1) is 12.8. The smallest absolute Gasteiger partial charge is 0.182 e. The number of aliphatic imine (C=N–C) groups is 1. The molecular weight excluding hydrogens is 324 g/mol. The van der Waals surface area contributed by atoms with Crippen LogP contribution < -0.4 is 9.64 Å². The van der Waals surface area contributed by atoms with Crippen molar-refractivity contribution in [3.8, 4) is 5.75 Å². The summed E-state index contributed by atoms with van der Waals surface area (Å²) in [6.45, 7) is 3.71. The average molecular weight is 350 g/mol. The van der Waals surface area contributed by atoms with Crippen LogP contribution in [0.15, 0.2) is 59.6 Å². The number of hydrogen-bond donors (Lipinski definition) is 0. The molecule has 0 radical (unpaired) electrons. The molecule has 0 saturated carbocycles. The van der Waals surface area contributed by atoms with E-state index >= 15 is 0 Å². The van der Waals surface area contributed by atoms with Crippen LogP contribution in [-0.2, 0) is 0 Å². The van der Waals surface area contributed by atoms with Crippen LogP contribution in [-0.4, -0.2) is 31.3 Å². The third-order valence-electron chi connectivity index (χ3n) is 4.52. The Bertz CT molecular complexity index is 738. The number of rotatable bonds is 6. The van der Waals surface area contributed by atoms with Crippen LogP contribution in [0.2, 0.25) is 0 Å². The zero-order valence-electron chi connectivity index (χ0n) is 15.4. The second-order valence-electron chi connectivity index (χ2n) is 6.41. The first-order valence-electron chi connectivity index (χ1n) is 9.40. The Morgan fingerprint density at radius 3 is 2.54 bits per heavy atom. The van der Waals surface area contributed by atoms with E-state index in [2.05, 4.69) is 4.90 Å². The van der Waals surface area contributed by atoms with Crippen LogP contribution in [0, 0.1) is 0 Å². The van der Waals surface area contributed by atoms with E-state index in [1.165, 1.54) is 6.42 Å². The number of benzene rings is 2. The normalized spacial score (nSPS) is 14.3. The number of hydrogen-bond acceptors (Lipinski definition) is 4. The maximum atomic E-state index is 12.9. The molecule has 0 saturated heterocycles. The molecule has 26 heavy (non-hydrogen) atoms. The Kier molecular flexibility index (Phi) is 6.42. The van der Waals surface area contributed by atoms with E-state index in [0.717, 1.165) is 43.1 Å². The van der Waals surface area contributed by atoms with Crippen LogP contribution in [0.1, 0.15) is 43.0 Å². The van der Waals surface area contributed by atoms with Crippen LogP contribution in [0.4, 0.5) is 5.69 Å². The highest BCUT2D eigenvalue weighted by Crippen LogP contribution is 2.20. The number of amidine groups is 1. The Morgan fingerprint density at radius 1 is 1.04 bits per heavy atom. The summed E-state index contributed by atoms with van der Waals surface area (Å²) in [4.78, 5) is 19.7. The fourth-order valence-corrected chi connectivity index (χ4v) is 3.16. The molecule has 1 aliphatic rings. The molecule has 2 aromatic rings. The van der Waals surface area contributed by atoms with Crippen molar-refractivity contribution in [3.05, 3.63) is 60.2 Å². The lowest BCUT2D eigenvalue weighted by atomic mass is 10.1. The average Bonchev–Trinajstić information content (AvgIpc) is 2.97. The quantitative estimate of drug-likeness (QED) is 0.706. The summed E-state index contributed by atoms with van der Waals surface area (Å²) in [5.74, 6) is 1.90. The van der Waals surface area contributed by atoms with E-state index < -0.39 is 0 Å². The molecule has 4 heteroatoms. The monoisotopic (exact) mass is 350 g/mol. The molecule has 4 nitrogen and oxygen atoms in total. The SMILES string of the molecule is CCOc1ccc(C(=O)CN(C2=NCCCCC2)c2ccccc2)cc1. The van der Waals surface area contributed by atoms with Crippen molar-refractivity contribution in [1.29, 1.82) is 0 Å². The molecule has 1 aliphatic heterocycles. The molecule has 0 fully saturated rings. The van der Waals surface area contributed by atoms with Crippen LogP contribution >= 0.6 is 0 Å². The summed E-state index contributed by atoms with van der Waals surface area (Å²) in [5, 5.41) is 0. The van der Waals surface area contributed by atoms with Crippen molar-refractivity contribution in [1.82, 2.24) is 0 Å². The maximum Gasteiger partial charge on any atom is 0.182 e. The second-order valence-corrected chi connectivity index (χ2v) is 6.41. The van der Waals surface area contributed by atoms with Crippen LogP contribution in [0.5, 0.6) is 5.75 Å². The van der Waals surface area contributed by atoms with Gasteiger partial charge in [0.25, 0.3) is 0 Å². The predicted molar refractivity (Wildman–Crippen MR) is 106 cm³/mol. The third-order valence-corrected chi connectivity index (χ3v) is 4.52. The van der Waals surface area contributed by atoms with Gasteiger partial charge in [-0.25, -0.2) is 0 Å². The number of carbonyl (C=O) groups is 1. The lowest BCUT2D eigenvalue weighted by Crippen LogP contribution is -2.35. The lowest BCUT2D eigenvalue weighted by Gasteiger charge is -2.25.